The van der Waals surface area contributed by atoms with E-state index >= 15 is 0 Å². The Kier molecular flexibility index (Phi) is 8.23. The highest BCUT2D eigenvalue weighted by Gasteiger charge is 2.33. The molecule has 3 aromatic rings. The number of nitrogens with one attached hydrogen (secondary N) is 2. The number of aliphatic hydroxyl groups is 1. The molecule has 1 amide bonds. The monoisotopic (exact) mass is 521 g/mol. The molecule has 3 N–H and O–H groups in total. The van der Waals surface area contributed by atoms with E-state index in [1.54, 1.807) is 18.2 Å². The van der Waals surface area contributed by atoms with Crippen LogP contribution in [0.4, 0.5) is 14.5 Å². The van der Waals surface area contributed by atoms with Crippen molar-refractivity contribution in [1.82, 2.24) is 5.32 Å². The van der Waals surface area contributed by atoms with Gasteiger partial charge in [-0.2, -0.15) is 0 Å². The Morgan fingerprint density at radius 3 is 2.55 bits per heavy atom. The highest BCUT2D eigenvalue weighted by Crippen LogP contribution is 2.34. The number of hydrogen-bond donors (Lipinski definition) is 3. The van der Waals surface area contributed by atoms with Crippen LogP contribution in [0.2, 0.25) is 0 Å². The second-order valence-corrected chi connectivity index (χ2v) is 10.4. The Bertz CT molecular complexity index is 1350. The number of hydrogen-bond acceptors (Lipinski definition) is 4. The van der Waals surface area contributed by atoms with Crippen LogP contribution in [0.15, 0.2) is 65.7 Å². The van der Waals surface area contributed by atoms with Crippen LogP contribution in [-0.2, 0) is 11.2 Å². The fourth-order valence-electron chi connectivity index (χ4n) is 4.47. The van der Waals surface area contributed by atoms with Crippen molar-refractivity contribution in [3.63, 3.8) is 0 Å². The molecular weight excluding hydrogens is 488 g/mol. The third kappa shape index (κ3) is 6.62. The molecule has 0 radical (unpaired) electrons. The maximum Gasteiger partial charge on any atom is 0.254 e. The Morgan fingerprint density at radius 2 is 1.84 bits per heavy atom. The minimum absolute atomic E-state index is 0.180. The van der Waals surface area contributed by atoms with Gasteiger partial charge in [-0.1, -0.05) is 30.3 Å². The molecular formula is C30H33F2N3O3. The van der Waals surface area contributed by atoms with Crippen molar-refractivity contribution in [1.29, 1.82) is 0 Å². The summed E-state index contributed by atoms with van der Waals surface area (Å²) in [6.45, 7) is 8.85. The molecule has 0 saturated carbocycles. The number of fused-ring (bicyclic) bond motifs is 1. The van der Waals surface area contributed by atoms with Crippen LogP contribution in [0.3, 0.4) is 0 Å². The minimum Gasteiger partial charge on any atom is -0.390 e. The number of halogens is 2. The van der Waals surface area contributed by atoms with Crippen LogP contribution in [0.5, 0.6) is 0 Å². The second-order valence-electron chi connectivity index (χ2n) is 10.4. The molecule has 0 fully saturated rings. The lowest BCUT2D eigenvalue weighted by molar-refractivity contribution is 0.00212. The number of benzene rings is 3. The van der Waals surface area contributed by atoms with E-state index in [1.165, 1.54) is 18.2 Å². The summed E-state index contributed by atoms with van der Waals surface area (Å²) in [6.07, 6.45) is -0.485. The molecule has 1 unspecified atom stereocenters. The van der Waals surface area contributed by atoms with Crippen LogP contribution < -0.4 is 10.6 Å². The molecule has 1 aliphatic carbocycles. The van der Waals surface area contributed by atoms with E-state index in [9.17, 15) is 18.7 Å². The van der Waals surface area contributed by atoms with Crippen LogP contribution in [0.25, 0.3) is 11.1 Å². The molecule has 200 valence electrons. The molecule has 6 nitrogen and oxygen atoms in total. The van der Waals surface area contributed by atoms with Gasteiger partial charge in [0, 0.05) is 17.7 Å². The Hall–Kier alpha value is -3.62. The number of nitrogens with zero attached hydrogens (tertiary/aromatic N) is 1. The van der Waals surface area contributed by atoms with Gasteiger partial charge in [0.25, 0.3) is 5.91 Å². The lowest BCUT2D eigenvalue weighted by Crippen LogP contribution is -2.34. The summed E-state index contributed by atoms with van der Waals surface area (Å²) < 4.78 is 34.7. The summed E-state index contributed by atoms with van der Waals surface area (Å²) in [5, 5.41) is 16.7. The van der Waals surface area contributed by atoms with Crippen molar-refractivity contribution in [2.45, 2.75) is 51.9 Å². The minimum atomic E-state index is -0.853. The van der Waals surface area contributed by atoms with E-state index in [1.807, 2.05) is 45.9 Å². The summed E-state index contributed by atoms with van der Waals surface area (Å²) in [6, 6.07) is 15.0. The molecule has 4 rings (SSSR count). The molecule has 8 heteroatoms. The van der Waals surface area contributed by atoms with Gasteiger partial charge < -0.3 is 20.5 Å². The predicted octanol–water partition coefficient (Wildman–Crippen LogP) is 5.67. The zero-order chi connectivity index (χ0) is 27.4. The summed E-state index contributed by atoms with van der Waals surface area (Å²) in [7, 11) is 0. The van der Waals surface area contributed by atoms with Crippen molar-refractivity contribution in [3.8, 4) is 11.1 Å². The van der Waals surface area contributed by atoms with Gasteiger partial charge in [0.05, 0.1) is 42.3 Å². The van der Waals surface area contributed by atoms with Gasteiger partial charge in [0.1, 0.15) is 11.6 Å². The van der Waals surface area contributed by atoms with Gasteiger partial charge in [-0.25, -0.2) is 8.78 Å². The van der Waals surface area contributed by atoms with Gasteiger partial charge in [-0.05, 0) is 74.7 Å². The number of carbonyl (C=O) groups is 1. The summed E-state index contributed by atoms with van der Waals surface area (Å²) in [4.78, 5) is 17.5. The Morgan fingerprint density at radius 1 is 1.08 bits per heavy atom. The lowest BCUT2D eigenvalue weighted by atomic mass is 10.0. The van der Waals surface area contributed by atoms with Gasteiger partial charge in [-0.3, -0.25) is 9.79 Å². The van der Waals surface area contributed by atoms with Crippen molar-refractivity contribution >= 4 is 17.4 Å². The number of aliphatic hydroxyl groups excluding tert-OH is 1. The molecule has 0 heterocycles. The zero-order valence-electron chi connectivity index (χ0n) is 22.0. The number of anilines is 1. The van der Waals surface area contributed by atoms with Gasteiger partial charge >= 0.3 is 0 Å². The normalized spacial score (nSPS) is 17.3. The average molecular weight is 522 g/mol. The van der Waals surface area contributed by atoms with Gasteiger partial charge in [0.15, 0.2) is 0 Å². The topological polar surface area (TPSA) is 83.0 Å². The SMILES string of the molecule is CC(=NCCOC(C)(C)C)Nc1ccc2c(c1)C(NC(=O)c1ccc(-c3ccccc3F)cc1F)[C@H](O)C2. The average Bonchev–Trinajstić information content (AvgIpc) is 3.15. The largest absolute Gasteiger partial charge is 0.390 e. The Labute approximate surface area is 221 Å². The van der Waals surface area contributed by atoms with E-state index in [0.29, 0.717) is 31.0 Å². The molecule has 0 spiro atoms. The number of ether oxygens (including phenoxy) is 1. The molecule has 3 aromatic carbocycles. The van der Waals surface area contributed by atoms with E-state index in [4.69, 9.17) is 4.74 Å². The standard InChI is InChI=1S/C30H33F2N3O3/c1-18(33-13-14-38-30(2,3)4)34-21-11-9-20-16-27(36)28(24(20)17-21)35-29(37)23-12-10-19(15-26(23)32)22-7-5-6-8-25(22)31/h5-12,15,17,27-28,36H,13-14,16H2,1-4H3,(H,33,34)(H,35,37)/t27-,28?/m1/s1. The van der Waals surface area contributed by atoms with Gasteiger partial charge in [0.2, 0.25) is 0 Å². The van der Waals surface area contributed by atoms with Crippen molar-refractivity contribution in [3.05, 3.63) is 89.0 Å². The Balaban J connectivity index is 1.46. The van der Waals surface area contributed by atoms with E-state index in [2.05, 4.69) is 15.6 Å². The van der Waals surface area contributed by atoms with E-state index < -0.39 is 29.7 Å². The van der Waals surface area contributed by atoms with Crippen molar-refractivity contribution < 1.29 is 23.4 Å². The van der Waals surface area contributed by atoms with Crippen LogP contribution in [0.1, 0.15) is 55.2 Å². The quantitative estimate of drug-likeness (QED) is 0.213. The molecule has 2 atom stereocenters. The number of rotatable bonds is 7. The van der Waals surface area contributed by atoms with Crippen LogP contribution in [-0.4, -0.2) is 41.7 Å². The number of amides is 1. The predicted molar refractivity (Wildman–Crippen MR) is 145 cm³/mol. The first-order chi connectivity index (χ1) is 18.0. The smallest absolute Gasteiger partial charge is 0.254 e. The third-order valence-electron chi connectivity index (χ3n) is 6.28. The number of carbonyl (C=O) groups excluding carboxylic acids is 1. The summed E-state index contributed by atoms with van der Waals surface area (Å²) in [5.74, 6) is -1.19. The molecule has 1 aliphatic rings. The van der Waals surface area contributed by atoms with E-state index in [-0.39, 0.29) is 16.7 Å². The maximum absolute atomic E-state index is 14.9. The zero-order valence-corrected chi connectivity index (χ0v) is 22.0. The molecule has 0 saturated heterocycles. The second kappa shape index (κ2) is 11.4. The van der Waals surface area contributed by atoms with Crippen molar-refractivity contribution in [2.24, 2.45) is 4.99 Å². The van der Waals surface area contributed by atoms with E-state index in [0.717, 1.165) is 22.9 Å². The number of amidine groups is 1. The van der Waals surface area contributed by atoms with Crippen LogP contribution >= 0.6 is 0 Å². The van der Waals surface area contributed by atoms with Gasteiger partial charge in [-0.15, -0.1) is 0 Å². The summed E-state index contributed by atoms with van der Waals surface area (Å²) >= 11 is 0. The van der Waals surface area contributed by atoms with Crippen LogP contribution in [0, 0.1) is 11.6 Å². The maximum atomic E-state index is 14.9. The third-order valence-corrected chi connectivity index (χ3v) is 6.28. The first-order valence-corrected chi connectivity index (χ1v) is 12.6. The lowest BCUT2D eigenvalue weighted by Gasteiger charge is -2.19. The number of aliphatic imine (C=N–C) groups is 1. The molecule has 0 bridgehead atoms. The summed E-state index contributed by atoms with van der Waals surface area (Å²) in [5.41, 5.74) is 2.60. The first kappa shape index (κ1) is 27.4. The molecule has 38 heavy (non-hydrogen) atoms. The fraction of sp³-hybridized carbons (Fsp3) is 0.333. The first-order valence-electron chi connectivity index (χ1n) is 12.6. The molecule has 0 aliphatic heterocycles. The molecule has 0 aromatic heterocycles. The fourth-order valence-corrected chi connectivity index (χ4v) is 4.47. The highest BCUT2D eigenvalue weighted by molar-refractivity contribution is 5.96. The highest BCUT2D eigenvalue weighted by atomic mass is 19.1. The van der Waals surface area contributed by atoms with Crippen molar-refractivity contribution in [2.75, 3.05) is 18.5 Å².